The van der Waals surface area contributed by atoms with Crippen LogP contribution < -0.4 is 5.32 Å². The van der Waals surface area contributed by atoms with E-state index >= 15 is 0 Å². The van der Waals surface area contributed by atoms with Crippen LogP contribution in [0.2, 0.25) is 0 Å². The number of amides is 1. The van der Waals surface area contributed by atoms with Crippen molar-refractivity contribution in [1.29, 1.82) is 0 Å². The Morgan fingerprint density at radius 1 is 1.43 bits per heavy atom. The highest BCUT2D eigenvalue weighted by atomic mass is 16.7. The minimum absolute atomic E-state index is 0.0224. The smallest absolute Gasteiger partial charge is 0.260 e. The van der Waals surface area contributed by atoms with E-state index in [4.69, 9.17) is 4.84 Å². The van der Waals surface area contributed by atoms with Crippen LogP contribution in [0, 0.1) is 0 Å². The average Bonchev–Trinajstić information content (AvgIpc) is 2.14. The Balaban J connectivity index is 2.27. The van der Waals surface area contributed by atoms with Crippen LogP contribution >= 0.6 is 0 Å². The average molecular weight is 200 g/mol. The molecule has 82 valence electrons. The van der Waals surface area contributed by atoms with E-state index in [-0.39, 0.29) is 11.4 Å². The molecule has 4 heteroatoms. The van der Waals surface area contributed by atoms with Crippen molar-refractivity contribution >= 4 is 5.91 Å². The fraction of sp³-hybridized carbons (Fsp3) is 0.900. The van der Waals surface area contributed by atoms with Gasteiger partial charge in [0.2, 0.25) is 0 Å². The minimum Gasteiger partial charge on any atom is -0.304 e. The van der Waals surface area contributed by atoms with E-state index in [0.717, 1.165) is 19.4 Å². The summed E-state index contributed by atoms with van der Waals surface area (Å²) in [5.74, 6) is 0.0274. The van der Waals surface area contributed by atoms with Gasteiger partial charge in [-0.3, -0.25) is 9.63 Å². The van der Waals surface area contributed by atoms with Crippen molar-refractivity contribution in [2.45, 2.75) is 39.2 Å². The van der Waals surface area contributed by atoms with Gasteiger partial charge in [-0.15, -0.1) is 0 Å². The molecular weight excluding hydrogens is 180 g/mol. The molecule has 1 amide bonds. The zero-order chi connectivity index (χ0) is 10.6. The van der Waals surface area contributed by atoms with Crippen molar-refractivity contribution in [3.8, 4) is 0 Å². The lowest BCUT2D eigenvalue weighted by molar-refractivity contribution is -0.196. The van der Waals surface area contributed by atoms with E-state index in [2.05, 4.69) is 5.32 Å². The standard InChI is InChI=1S/C10H20N2O2/c1-10(2,3)11-8-9(13)12-6-4-5-7-14-12/h11H,4-8H2,1-3H3. The molecule has 0 saturated carbocycles. The van der Waals surface area contributed by atoms with E-state index in [1.807, 2.05) is 20.8 Å². The van der Waals surface area contributed by atoms with Crippen molar-refractivity contribution in [3.63, 3.8) is 0 Å². The van der Waals surface area contributed by atoms with Gasteiger partial charge in [0.15, 0.2) is 0 Å². The molecule has 1 fully saturated rings. The zero-order valence-corrected chi connectivity index (χ0v) is 9.30. The van der Waals surface area contributed by atoms with Crippen molar-refractivity contribution in [2.75, 3.05) is 19.7 Å². The quantitative estimate of drug-likeness (QED) is 0.721. The molecule has 1 heterocycles. The molecule has 4 nitrogen and oxygen atoms in total. The molecule has 14 heavy (non-hydrogen) atoms. The highest BCUT2D eigenvalue weighted by Gasteiger charge is 2.19. The van der Waals surface area contributed by atoms with E-state index in [0.29, 0.717) is 13.2 Å². The summed E-state index contributed by atoms with van der Waals surface area (Å²) in [5.41, 5.74) is -0.0224. The number of rotatable bonds is 2. The van der Waals surface area contributed by atoms with Gasteiger partial charge in [-0.05, 0) is 33.6 Å². The summed E-state index contributed by atoms with van der Waals surface area (Å²) in [6.45, 7) is 7.86. The van der Waals surface area contributed by atoms with Crippen LogP contribution in [0.15, 0.2) is 0 Å². The van der Waals surface area contributed by atoms with Gasteiger partial charge in [-0.2, -0.15) is 0 Å². The lowest BCUT2D eigenvalue weighted by Gasteiger charge is -2.28. The van der Waals surface area contributed by atoms with Gasteiger partial charge >= 0.3 is 0 Å². The fourth-order valence-corrected chi connectivity index (χ4v) is 1.22. The predicted octanol–water partition coefficient (Wildman–Crippen LogP) is 0.928. The first-order valence-corrected chi connectivity index (χ1v) is 5.17. The van der Waals surface area contributed by atoms with Gasteiger partial charge in [0.05, 0.1) is 13.2 Å². The topological polar surface area (TPSA) is 41.6 Å². The number of carbonyl (C=O) groups excluding carboxylic acids is 1. The van der Waals surface area contributed by atoms with Crippen LogP contribution in [0.25, 0.3) is 0 Å². The van der Waals surface area contributed by atoms with Crippen molar-refractivity contribution in [2.24, 2.45) is 0 Å². The lowest BCUT2D eigenvalue weighted by Crippen LogP contribution is -2.46. The van der Waals surface area contributed by atoms with Gasteiger partial charge in [-0.25, -0.2) is 5.06 Å². The van der Waals surface area contributed by atoms with Gasteiger partial charge in [0.1, 0.15) is 0 Å². The Bertz CT molecular complexity index is 193. The molecule has 1 N–H and O–H groups in total. The van der Waals surface area contributed by atoms with E-state index in [1.165, 1.54) is 5.06 Å². The molecule has 0 aromatic carbocycles. The summed E-state index contributed by atoms with van der Waals surface area (Å²) in [4.78, 5) is 16.8. The fourth-order valence-electron chi connectivity index (χ4n) is 1.22. The third-order valence-electron chi connectivity index (χ3n) is 2.05. The van der Waals surface area contributed by atoms with E-state index in [1.54, 1.807) is 0 Å². The molecule has 0 aliphatic carbocycles. The van der Waals surface area contributed by atoms with Crippen LogP contribution in [-0.2, 0) is 9.63 Å². The molecule has 0 atom stereocenters. The van der Waals surface area contributed by atoms with Gasteiger partial charge < -0.3 is 5.32 Å². The van der Waals surface area contributed by atoms with Crippen LogP contribution in [0.1, 0.15) is 33.6 Å². The lowest BCUT2D eigenvalue weighted by atomic mass is 10.1. The normalized spacial score (nSPS) is 18.4. The van der Waals surface area contributed by atoms with Crippen LogP contribution in [0.5, 0.6) is 0 Å². The summed E-state index contributed by atoms with van der Waals surface area (Å²) in [5, 5.41) is 4.62. The number of carbonyl (C=O) groups is 1. The molecule has 1 saturated heterocycles. The first-order valence-electron chi connectivity index (χ1n) is 5.17. The molecule has 0 radical (unpaired) electrons. The van der Waals surface area contributed by atoms with Crippen molar-refractivity contribution in [3.05, 3.63) is 0 Å². The molecule has 0 unspecified atom stereocenters. The monoisotopic (exact) mass is 200 g/mol. The maximum atomic E-state index is 11.6. The maximum absolute atomic E-state index is 11.6. The Morgan fingerprint density at radius 2 is 2.14 bits per heavy atom. The molecule has 1 aliphatic heterocycles. The summed E-state index contributed by atoms with van der Waals surface area (Å²) in [6, 6.07) is 0. The van der Waals surface area contributed by atoms with Gasteiger partial charge in [0, 0.05) is 12.1 Å². The van der Waals surface area contributed by atoms with Crippen molar-refractivity contribution in [1.82, 2.24) is 10.4 Å². The third kappa shape index (κ3) is 4.07. The molecule has 1 aliphatic rings. The van der Waals surface area contributed by atoms with E-state index < -0.39 is 0 Å². The second-order valence-corrected chi connectivity index (χ2v) is 4.64. The molecule has 0 aromatic rings. The number of hydrogen-bond acceptors (Lipinski definition) is 3. The molecular formula is C10H20N2O2. The first kappa shape index (κ1) is 11.5. The third-order valence-corrected chi connectivity index (χ3v) is 2.05. The Labute approximate surface area is 85.6 Å². The molecule has 0 bridgehead atoms. The number of nitrogens with zero attached hydrogens (tertiary/aromatic N) is 1. The minimum atomic E-state index is -0.0224. The van der Waals surface area contributed by atoms with E-state index in [9.17, 15) is 4.79 Å². The second kappa shape index (κ2) is 4.75. The Hall–Kier alpha value is -0.610. The SMILES string of the molecule is CC(C)(C)NCC(=O)N1CCCCO1. The predicted molar refractivity (Wildman–Crippen MR) is 54.7 cm³/mol. The van der Waals surface area contributed by atoms with Gasteiger partial charge in [0.25, 0.3) is 5.91 Å². The maximum Gasteiger partial charge on any atom is 0.260 e. The summed E-state index contributed by atoms with van der Waals surface area (Å²) < 4.78 is 0. The molecule has 0 aromatic heterocycles. The largest absolute Gasteiger partial charge is 0.304 e. The number of hydroxylamine groups is 2. The van der Waals surface area contributed by atoms with Gasteiger partial charge in [-0.1, -0.05) is 0 Å². The summed E-state index contributed by atoms with van der Waals surface area (Å²) in [7, 11) is 0. The van der Waals surface area contributed by atoms with Crippen LogP contribution in [0.3, 0.4) is 0 Å². The summed E-state index contributed by atoms with van der Waals surface area (Å²) in [6.07, 6.45) is 2.09. The Morgan fingerprint density at radius 3 is 2.64 bits per heavy atom. The highest BCUT2D eigenvalue weighted by Crippen LogP contribution is 2.06. The van der Waals surface area contributed by atoms with Crippen LogP contribution in [-0.4, -0.2) is 36.2 Å². The number of nitrogens with one attached hydrogen (secondary N) is 1. The Kier molecular flexibility index (Phi) is 3.89. The first-order chi connectivity index (χ1) is 6.49. The molecule has 0 spiro atoms. The van der Waals surface area contributed by atoms with Crippen LogP contribution in [0.4, 0.5) is 0 Å². The highest BCUT2D eigenvalue weighted by molar-refractivity contribution is 5.77. The molecule has 1 rings (SSSR count). The van der Waals surface area contributed by atoms with Crippen molar-refractivity contribution < 1.29 is 9.63 Å². The second-order valence-electron chi connectivity index (χ2n) is 4.64. The summed E-state index contributed by atoms with van der Waals surface area (Å²) >= 11 is 0. The zero-order valence-electron chi connectivity index (χ0n) is 9.30. The number of hydrogen-bond donors (Lipinski definition) is 1.